The quantitative estimate of drug-likeness (QED) is 0.897. The standard InChI is InChI=1S/C22H22FN3O.H2/c23-17-6-4-14(5-7-17)21-25-20-9-11-24-10-8-18(20)22(26-21)27-13-16-3-1-2-15-12-19(15)16;/h1-7,15,19,24H,8-13H2;1H. The monoisotopic (exact) mass is 365 g/mol. The summed E-state index contributed by atoms with van der Waals surface area (Å²) in [6.07, 6.45) is 9.54. The number of halogens is 1. The number of hydrogen-bond acceptors (Lipinski definition) is 4. The highest BCUT2D eigenvalue weighted by Crippen LogP contribution is 2.47. The Morgan fingerprint density at radius 2 is 2.00 bits per heavy atom. The van der Waals surface area contributed by atoms with Crippen LogP contribution in [0, 0.1) is 17.7 Å². The zero-order chi connectivity index (χ0) is 18.2. The van der Waals surface area contributed by atoms with Crippen LogP contribution in [0.4, 0.5) is 4.39 Å². The summed E-state index contributed by atoms with van der Waals surface area (Å²) in [5.74, 6) is 2.37. The lowest BCUT2D eigenvalue weighted by atomic mass is 10.1. The van der Waals surface area contributed by atoms with Crippen LogP contribution in [-0.4, -0.2) is 29.7 Å². The van der Waals surface area contributed by atoms with Gasteiger partial charge in [-0.3, -0.25) is 0 Å². The first-order chi connectivity index (χ1) is 13.3. The summed E-state index contributed by atoms with van der Waals surface area (Å²) in [7, 11) is 0. The van der Waals surface area contributed by atoms with Crippen LogP contribution in [0.5, 0.6) is 5.88 Å². The molecule has 1 aliphatic heterocycles. The van der Waals surface area contributed by atoms with Gasteiger partial charge in [0, 0.05) is 25.5 Å². The van der Waals surface area contributed by atoms with Crippen molar-refractivity contribution in [3.05, 3.63) is 65.1 Å². The molecule has 0 bridgehead atoms. The zero-order valence-electron chi connectivity index (χ0n) is 15.1. The van der Waals surface area contributed by atoms with Gasteiger partial charge in [-0.2, -0.15) is 4.98 Å². The molecule has 0 amide bonds. The van der Waals surface area contributed by atoms with E-state index in [0.717, 1.165) is 42.8 Å². The van der Waals surface area contributed by atoms with Gasteiger partial charge in [0.25, 0.3) is 0 Å². The van der Waals surface area contributed by atoms with Gasteiger partial charge < -0.3 is 10.1 Å². The molecule has 0 radical (unpaired) electrons. The second-order valence-corrected chi connectivity index (χ2v) is 7.46. The van der Waals surface area contributed by atoms with Crippen molar-refractivity contribution in [2.45, 2.75) is 19.3 Å². The molecule has 2 aromatic rings. The Kier molecular flexibility index (Phi) is 4.24. The Bertz CT molecular complexity index is 926. The molecule has 4 nitrogen and oxygen atoms in total. The highest BCUT2D eigenvalue weighted by molar-refractivity contribution is 5.56. The SMILES string of the molecule is Fc1ccc(-c2nc3c(c(OCC4=CC=CC5CC45)n2)CCNCC3)cc1.[HH]. The van der Waals surface area contributed by atoms with Crippen LogP contribution >= 0.6 is 0 Å². The Labute approximate surface area is 159 Å². The van der Waals surface area contributed by atoms with E-state index in [9.17, 15) is 4.39 Å². The van der Waals surface area contributed by atoms with Gasteiger partial charge in [0.2, 0.25) is 5.88 Å². The number of nitrogens with zero attached hydrogens (tertiary/aromatic N) is 2. The molecule has 5 heteroatoms. The van der Waals surface area contributed by atoms with Crippen molar-refractivity contribution in [2.24, 2.45) is 11.8 Å². The number of benzene rings is 1. The highest BCUT2D eigenvalue weighted by atomic mass is 19.1. The smallest absolute Gasteiger partial charge is 0.220 e. The highest BCUT2D eigenvalue weighted by Gasteiger charge is 2.39. The van der Waals surface area contributed by atoms with Gasteiger partial charge in [-0.1, -0.05) is 18.2 Å². The first kappa shape index (κ1) is 16.6. The first-order valence-corrected chi connectivity index (χ1v) is 9.64. The predicted octanol–water partition coefficient (Wildman–Crippen LogP) is 3.73. The van der Waals surface area contributed by atoms with Gasteiger partial charge in [-0.15, -0.1) is 0 Å². The minimum Gasteiger partial charge on any atom is -0.473 e. The third kappa shape index (κ3) is 3.39. The maximum atomic E-state index is 13.3. The minimum atomic E-state index is -0.259. The summed E-state index contributed by atoms with van der Waals surface area (Å²) in [5.41, 5.74) is 4.30. The van der Waals surface area contributed by atoms with Crippen molar-refractivity contribution >= 4 is 0 Å². The molecule has 27 heavy (non-hydrogen) atoms. The summed E-state index contributed by atoms with van der Waals surface area (Å²) in [6.45, 7) is 2.37. The molecule has 0 spiro atoms. The van der Waals surface area contributed by atoms with Crippen LogP contribution in [0.3, 0.4) is 0 Å². The normalized spacial score (nSPS) is 23.1. The van der Waals surface area contributed by atoms with Gasteiger partial charge in [0.05, 0.1) is 5.69 Å². The fourth-order valence-electron chi connectivity index (χ4n) is 3.96. The Morgan fingerprint density at radius 3 is 2.89 bits per heavy atom. The summed E-state index contributed by atoms with van der Waals surface area (Å²) in [5, 5.41) is 3.41. The van der Waals surface area contributed by atoms with Gasteiger partial charge >= 0.3 is 0 Å². The van der Waals surface area contributed by atoms with Crippen molar-refractivity contribution in [1.29, 1.82) is 0 Å². The third-order valence-corrected chi connectivity index (χ3v) is 5.61. The van der Waals surface area contributed by atoms with E-state index >= 15 is 0 Å². The maximum absolute atomic E-state index is 13.3. The summed E-state index contributed by atoms with van der Waals surface area (Å²) in [6, 6.07) is 6.33. The van der Waals surface area contributed by atoms with Crippen LogP contribution in [0.15, 0.2) is 48.1 Å². The van der Waals surface area contributed by atoms with Crippen LogP contribution in [0.2, 0.25) is 0 Å². The van der Waals surface area contributed by atoms with Gasteiger partial charge in [0.15, 0.2) is 5.82 Å². The fraction of sp³-hybridized carbons (Fsp3) is 0.364. The molecule has 1 N–H and O–H groups in total. The number of hydrogen-bond donors (Lipinski definition) is 1. The molecule has 5 rings (SSSR count). The minimum absolute atomic E-state index is 0. The lowest BCUT2D eigenvalue weighted by Gasteiger charge is -2.16. The average Bonchev–Trinajstić information content (AvgIpc) is 3.50. The molecule has 2 unspecified atom stereocenters. The van der Waals surface area contributed by atoms with Crippen molar-refractivity contribution in [2.75, 3.05) is 19.7 Å². The van der Waals surface area contributed by atoms with E-state index in [1.807, 2.05) is 0 Å². The number of allylic oxidation sites excluding steroid dienone is 3. The Morgan fingerprint density at radius 1 is 1.15 bits per heavy atom. The molecule has 1 aromatic heterocycles. The number of rotatable bonds is 4. The van der Waals surface area contributed by atoms with E-state index in [0.29, 0.717) is 30.1 Å². The van der Waals surface area contributed by atoms with Crippen molar-refractivity contribution in [3.8, 4) is 17.3 Å². The Balaban J connectivity index is 0.00000192. The van der Waals surface area contributed by atoms with Crippen LogP contribution in [-0.2, 0) is 12.8 Å². The van der Waals surface area contributed by atoms with E-state index in [-0.39, 0.29) is 7.24 Å². The molecule has 140 valence electrons. The summed E-state index contributed by atoms with van der Waals surface area (Å²) >= 11 is 0. The number of fused-ring (bicyclic) bond motifs is 2. The van der Waals surface area contributed by atoms with E-state index in [1.165, 1.54) is 24.1 Å². The number of aromatic nitrogens is 2. The Hall–Kier alpha value is -2.53. The molecule has 1 saturated carbocycles. The zero-order valence-corrected chi connectivity index (χ0v) is 15.1. The molecule has 2 heterocycles. The number of nitrogens with one attached hydrogen (secondary N) is 1. The van der Waals surface area contributed by atoms with E-state index in [4.69, 9.17) is 14.7 Å². The molecule has 1 fully saturated rings. The average molecular weight is 365 g/mol. The third-order valence-electron chi connectivity index (χ3n) is 5.61. The van der Waals surface area contributed by atoms with Crippen molar-refractivity contribution in [1.82, 2.24) is 15.3 Å². The molecular formula is C22H24FN3O. The maximum Gasteiger partial charge on any atom is 0.220 e. The van der Waals surface area contributed by atoms with E-state index in [1.54, 1.807) is 12.1 Å². The summed E-state index contributed by atoms with van der Waals surface area (Å²) < 4.78 is 19.5. The molecule has 0 saturated heterocycles. The van der Waals surface area contributed by atoms with Gasteiger partial charge in [0.1, 0.15) is 12.4 Å². The van der Waals surface area contributed by atoms with E-state index in [2.05, 4.69) is 23.5 Å². The number of ether oxygens (including phenoxy) is 1. The van der Waals surface area contributed by atoms with Crippen molar-refractivity contribution < 1.29 is 10.6 Å². The molecular weight excluding hydrogens is 341 g/mol. The van der Waals surface area contributed by atoms with E-state index < -0.39 is 0 Å². The van der Waals surface area contributed by atoms with Crippen LogP contribution in [0.25, 0.3) is 11.4 Å². The van der Waals surface area contributed by atoms with Gasteiger partial charge in [-0.25, -0.2) is 9.37 Å². The van der Waals surface area contributed by atoms with Crippen molar-refractivity contribution in [3.63, 3.8) is 0 Å². The largest absolute Gasteiger partial charge is 0.473 e. The topological polar surface area (TPSA) is 47.0 Å². The van der Waals surface area contributed by atoms with Crippen LogP contribution < -0.4 is 10.1 Å². The predicted molar refractivity (Wildman–Crippen MR) is 104 cm³/mol. The second-order valence-electron chi connectivity index (χ2n) is 7.46. The molecule has 3 aliphatic rings. The lowest BCUT2D eigenvalue weighted by Crippen LogP contribution is -2.16. The van der Waals surface area contributed by atoms with Crippen LogP contribution in [0.1, 0.15) is 19.1 Å². The second kappa shape index (κ2) is 6.89. The lowest BCUT2D eigenvalue weighted by molar-refractivity contribution is 0.326. The van der Waals surface area contributed by atoms with Gasteiger partial charge in [-0.05, 0) is 61.1 Å². The molecule has 2 atom stereocenters. The fourth-order valence-corrected chi connectivity index (χ4v) is 3.96. The first-order valence-electron chi connectivity index (χ1n) is 9.64. The molecule has 2 aliphatic carbocycles. The summed E-state index contributed by atoms with van der Waals surface area (Å²) in [4.78, 5) is 9.49. The molecule has 1 aromatic carbocycles.